The van der Waals surface area contributed by atoms with Crippen LogP contribution in [0.2, 0.25) is 0 Å². The Hall–Kier alpha value is -0.330. The largest absolute Gasteiger partial charge is 0.401 e. The summed E-state index contributed by atoms with van der Waals surface area (Å²) in [4.78, 5) is 1.34. The smallest absolute Gasteiger partial charge is 0.381 e. The SMILES string of the molecule is CNCC1(CN(C)CC(F)(F)F)CCCOC1. The monoisotopic (exact) mass is 254 g/mol. The van der Waals surface area contributed by atoms with Crippen molar-refractivity contribution in [3.05, 3.63) is 0 Å². The average molecular weight is 254 g/mol. The molecule has 1 heterocycles. The van der Waals surface area contributed by atoms with Gasteiger partial charge in [0.15, 0.2) is 0 Å². The highest BCUT2D eigenvalue weighted by atomic mass is 19.4. The first-order valence-electron chi connectivity index (χ1n) is 5.85. The van der Waals surface area contributed by atoms with Crippen molar-refractivity contribution in [1.82, 2.24) is 10.2 Å². The number of hydrogen-bond acceptors (Lipinski definition) is 3. The number of alkyl halides is 3. The minimum atomic E-state index is -4.13. The molecule has 0 saturated carbocycles. The van der Waals surface area contributed by atoms with Crippen LogP contribution in [-0.4, -0.2) is 58.0 Å². The van der Waals surface area contributed by atoms with E-state index in [0.717, 1.165) is 12.8 Å². The summed E-state index contributed by atoms with van der Waals surface area (Å²) < 4.78 is 42.3. The Balaban J connectivity index is 2.53. The van der Waals surface area contributed by atoms with Crippen LogP contribution in [0, 0.1) is 5.41 Å². The van der Waals surface area contributed by atoms with E-state index in [4.69, 9.17) is 4.74 Å². The van der Waals surface area contributed by atoms with E-state index in [2.05, 4.69) is 5.32 Å². The maximum absolute atomic E-state index is 12.3. The standard InChI is InChI=1S/C11H21F3N2O/c1-15-6-10(4-3-5-17-9-10)7-16(2)8-11(12,13)14/h15H,3-9H2,1-2H3. The van der Waals surface area contributed by atoms with E-state index in [9.17, 15) is 13.2 Å². The fourth-order valence-electron chi connectivity index (χ4n) is 2.54. The van der Waals surface area contributed by atoms with Gasteiger partial charge in [-0.2, -0.15) is 13.2 Å². The minimum Gasteiger partial charge on any atom is -0.381 e. The molecular formula is C11H21F3N2O. The second-order valence-corrected chi connectivity index (χ2v) is 4.97. The maximum Gasteiger partial charge on any atom is 0.401 e. The molecule has 1 unspecified atom stereocenters. The molecule has 1 saturated heterocycles. The highest BCUT2D eigenvalue weighted by Gasteiger charge is 2.36. The molecule has 1 rings (SSSR count). The van der Waals surface area contributed by atoms with Gasteiger partial charge in [-0.3, -0.25) is 4.90 Å². The van der Waals surface area contributed by atoms with E-state index >= 15 is 0 Å². The van der Waals surface area contributed by atoms with E-state index in [-0.39, 0.29) is 5.41 Å². The van der Waals surface area contributed by atoms with Crippen LogP contribution in [0.5, 0.6) is 0 Å². The second-order valence-electron chi connectivity index (χ2n) is 4.97. The molecule has 102 valence electrons. The summed E-state index contributed by atoms with van der Waals surface area (Å²) in [6.45, 7) is 1.49. The summed E-state index contributed by atoms with van der Waals surface area (Å²) in [5.74, 6) is 0. The predicted octanol–water partition coefficient (Wildman–Crippen LogP) is 1.50. The first-order chi connectivity index (χ1) is 7.87. The van der Waals surface area contributed by atoms with Gasteiger partial charge in [-0.15, -0.1) is 0 Å². The molecule has 0 amide bonds. The van der Waals surface area contributed by atoms with Crippen LogP contribution in [0.1, 0.15) is 12.8 Å². The third kappa shape index (κ3) is 5.23. The van der Waals surface area contributed by atoms with Crippen molar-refractivity contribution in [3.8, 4) is 0 Å². The van der Waals surface area contributed by atoms with Gasteiger partial charge in [0.25, 0.3) is 0 Å². The van der Waals surface area contributed by atoms with E-state index in [1.54, 1.807) is 0 Å². The molecule has 0 aromatic rings. The van der Waals surface area contributed by atoms with Gasteiger partial charge in [0.2, 0.25) is 0 Å². The topological polar surface area (TPSA) is 24.5 Å². The number of halogens is 3. The van der Waals surface area contributed by atoms with Gasteiger partial charge in [-0.05, 0) is 26.9 Å². The lowest BCUT2D eigenvalue weighted by Gasteiger charge is -2.40. The molecule has 0 radical (unpaired) electrons. The molecule has 6 heteroatoms. The summed E-state index contributed by atoms with van der Waals surface area (Å²) in [7, 11) is 3.33. The molecule has 1 fully saturated rings. The van der Waals surface area contributed by atoms with Crippen molar-refractivity contribution in [2.45, 2.75) is 19.0 Å². The van der Waals surface area contributed by atoms with Crippen LogP contribution in [0.3, 0.4) is 0 Å². The molecule has 0 aliphatic carbocycles. The average Bonchev–Trinajstić information content (AvgIpc) is 2.15. The van der Waals surface area contributed by atoms with Gasteiger partial charge in [-0.1, -0.05) is 0 Å². The quantitative estimate of drug-likeness (QED) is 0.804. The highest BCUT2D eigenvalue weighted by Crippen LogP contribution is 2.29. The minimum absolute atomic E-state index is 0.188. The number of rotatable bonds is 5. The fourth-order valence-corrected chi connectivity index (χ4v) is 2.54. The van der Waals surface area contributed by atoms with Crippen molar-refractivity contribution in [2.75, 3.05) is 46.9 Å². The van der Waals surface area contributed by atoms with E-state index in [1.165, 1.54) is 11.9 Å². The third-order valence-corrected chi connectivity index (χ3v) is 3.01. The Bertz CT molecular complexity index is 222. The van der Waals surface area contributed by atoms with Crippen molar-refractivity contribution in [1.29, 1.82) is 0 Å². The van der Waals surface area contributed by atoms with Crippen LogP contribution >= 0.6 is 0 Å². The van der Waals surface area contributed by atoms with Crippen LogP contribution in [0.15, 0.2) is 0 Å². The van der Waals surface area contributed by atoms with Crippen LogP contribution in [-0.2, 0) is 4.74 Å². The van der Waals surface area contributed by atoms with Gasteiger partial charge < -0.3 is 10.1 Å². The zero-order valence-corrected chi connectivity index (χ0v) is 10.4. The van der Waals surface area contributed by atoms with Crippen LogP contribution in [0.4, 0.5) is 13.2 Å². The molecule has 1 atom stereocenters. The molecule has 3 nitrogen and oxygen atoms in total. The number of hydrogen-bond donors (Lipinski definition) is 1. The third-order valence-electron chi connectivity index (χ3n) is 3.01. The molecule has 17 heavy (non-hydrogen) atoms. The summed E-state index contributed by atoms with van der Waals surface area (Å²) in [6, 6.07) is 0. The number of nitrogens with zero attached hydrogens (tertiary/aromatic N) is 1. The maximum atomic E-state index is 12.3. The Morgan fingerprint density at radius 3 is 2.59 bits per heavy atom. The Labute approximate surface area is 100 Å². The molecule has 0 aromatic heterocycles. The summed E-state index contributed by atoms with van der Waals surface area (Å²) in [6.07, 6.45) is -2.30. The summed E-state index contributed by atoms with van der Waals surface area (Å²) in [5, 5.41) is 3.06. The second kappa shape index (κ2) is 6.02. The zero-order chi connectivity index (χ0) is 12.9. The first-order valence-corrected chi connectivity index (χ1v) is 5.85. The Kier molecular flexibility index (Phi) is 5.22. The number of nitrogens with one attached hydrogen (secondary N) is 1. The number of ether oxygens (including phenoxy) is 1. The molecule has 0 aromatic carbocycles. The fraction of sp³-hybridized carbons (Fsp3) is 1.00. The molecule has 0 bridgehead atoms. The molecule has 1 N–H and O–H groups in total. The van der Waals surface area contributed by atoms with Gasteiger partial charge in [0.05, 0.1) is 13.2 Å². The molecular weight excluding hydrogens is 233 g/mol. The van der Waals surface area contributed by atoms with Crippen molar-refractivity contribution in [3.63, 3.8) is 0 Å². The zero-order valence-electron chi connectivity index (χ0n) is 10.4. The van der Waals surface area contributed by atoms with Gasteiger partial charge >= 0.3 is 6.18 Å². The van der Waals surface area contributed by atoms with E-state index in [1.807, 2.05) is 7.05 Å². The van der Waals surface area contributed by atoms with Gasteiger partial charge in [-0.25, -0.2) is 0 Å². The molecule has 1 aliphatic rings. The lowest BCUT2D eigenvalue weighted by molar-refractivity contribution is -0.148. The van der Waals surface area contributed by atoms with Crippen molar-refractivity contribution < 1.29 is 17.9 Å². The summed E-state index contributed by atoms with van der Waals surface area (Å²) in [5.41, 5.74) is -0.188. The van der Waals surface area contributed by atoms with E-state index in [0.29, 0.717) is 26.3 Å². The van der Waals surface area contributed by atoms with Crippen molar-refractivity contribution in [2.24, 2.45) is 5.41 Å². The lowest BCUT2D eigenvalue weighted by atomic mass is 9.82. The Morgan fingerprint density at radius 2 is 2.12 bits per heavy atom. The normalized spacial score (nSPS) is 26.5. The molecule has 1 aliphatic heterocycles. The van der Waals surface area contributed by atoms with E-state index < -0.39 is 12.7 Å². The highest BCUT2D eigenvalue weighted by molar-refractivity contribution is 4.86. The van der Waals surface area contributed by atoms with Crippen LogP contribution < -0.4 is 5.32 Å². The predicted molar refractivity (Wildman–Crippen MR) is 60.0 cm³/mol. The Morgan fingerprint density at radius 1 is 1.41 bits per heavy atom. The van der Waals surface area contributed by atoms with Crippen molar-refractivity contribution >= 4 is 0 Å². The van der Waals surface area contributed by atoms with Gasteiger partial charge in [0, 0.05) is 25.1 Å². The lowest BCUT2D eigenvalue weighted by Crippen LogP contribution is -2.49. The first kappa shape index (κ1) is 14.7. The summed E-state index contributed by atoms with van der Waals surface area (Å²) >= 11 is 0. The van der Waals surface area contributed by atoms with Gasteiger partial charge in [0.1, 0.15) is 0 Å². The molecule has 0 spiro atoms. The van der Waals surface area contributed by atoms with Crippen LogP contribution in [0.25, 0.3) is 0 Å².